The molecule has 0 aliphatic heterocycles. The van der Waals surface area contributed by atoms with Gasteiger partial charge in [-0.2, -0.15) is 0 Å². The second-order valence-corrected chi connectivity index (χ2v) is 2.83. The van der Waals surface area contributed by atoms with Gasteiger partial charge in [-0.05, 0) is 6.07 Å². The molecule has 0 heterocycles. The van der Waals surface area contributed by atoms with Crippen LogP contribution in [0.15, 0.2) is 17.3 Å². The molecule has 1 rings (SSSR count). The number of carbonyl (C=O) groups excluding carboxylic acids is 1. The molecule has 0 saturated carbocycles. The number of aromatic hydroxyl groups is 2. The third-order valence-corrected chi connectivity index (χ3v) is 1.75. The van der Waals surface area contributed by atoms with Gasteiger partial charge in [-0.15, -0.1) is 0 Å². The van der Waals surface area contributed by atoms with Gasteiger partial charge < -0.3 is 15.4 Å². The van der Waals surface area contributed by atoms with Gasteiger partial charge in [-0.25, -0.2) is 4.39 Å². The predicted molar refractivity (Wildman–Crippen MR) is 48.7 cm³/mol. The van der Waals surface area contributed by atoms with Crippen LogP contribution in [0, 0.1) is 5.82 Å². The van der Waals surface area contributed by atoms with Crippen LogP contribution in [0.4, 0.5) is 4.39 Å². The zero-order valence-electron chi connectivity index (χ0n) is 7.73. The molecule has 80 valence electrons. The Morgan fingerprint density at radius 1 is 1.33 bits per heavy atom. The van der Waals surface area contributed by atoms with Crippen LogP contribution in [0.5, 0.6) is 11.5 Å². The van der Waals surface area contributed by atoms with E-state index in [2.05, 4.69) is 5.16 Å². The summed E-state index contributed by atoms with van der Waals surface area (Å²) in [7, 11) is 0. The maximum atomic E-state index is 13.2. The van der Waals surface area contributed by atoms with Gasteiger partial charge in [0, 0.05) is 18.6 Å². The molecule has 0 aromatic heterocycles. The summed E-state index contributed by atoms with van der Waals surface area (Å²) in [4.78, 5) is 10.9. The van der Waals surface area contributed by atoms with Gasteiger partial charge >= 0.3 is 0 Å². The van der Waals surface area contributed by atoms with Crippen molar-refractivity contribution in [1.29, 1.82) is 0 Å². The standard InChI is InChI=1S/C9H8FNO4/c1-4(12)9(11-15)5-2-7(13)8(14)3-6(5)10/h2-3,13-15H,1H3. The van der Waals surface area contributed by atoms with E-state index in [-0.39, 0.29) is 5.56 Å². The lowest BCUT2D eigenvalue weighted by Crippen LogP contribution is -2.13. The van der Waals surface area contributed by atoms with E-state index < -0.39 is 28.8 Å². The van der Waals surface area contributed by atoms with Gasteiger partial charge in [0.2, 0.25) is 0 Å². The van der Waals surface area contributed by atoms with Crippen molar-refractivity contribution < 1.29 is 24.6 Å². The van der Waals surface area contributed by atoms with Gasteiger partial charge in [0.1, 0.15) is 5.82 Å². The van der Waals surface area contributed by atoms with E-state index >= 15 is 0 Å². The maximum Gasteiger partial charge on any atom is 0.182 e. The minimum atomic E-state index is -0.965. The van der Waals surface area contributed by atoms with Crippen molar-refractivity contribution >= 4 is 11.5 Å². The highest BCUT2D eigenvalue weighted by molar-refractivity contribution is 6.45. The molecule has 0 aliphatic rings. The number of carbonyl (C=O) groups is 1. The van der Waals surface area contributed by atoms with E-state index in [0.717, 1.165) is 13.0 Å². The molecule has 0 spiro atoms. The van der Waals surface area contributed by atoms with Gasteiger partial charge in [-0.1, -0.05) is 5.16 Å². The Hall–Kier alpha value is -2.11. The summed E-state index contributed by atoms with van der Waals surface area (Å²) < 4.78 is 13.2. The van der Waals surface area contributed by atoms with Crippen LogP contribution in [0.25, 0.3) is 0 Å². The number of phenolic OH excluding ortho intramolecular Hbond substituents is 2. The van der Waals surface area contributed by atoms with Gasteiger partial charge in [0.15, 0.2) is 23.0 Å². The first kappa shape index (κ1) is 11.0. The van der Waals surface area contributed by atoms with Crippen molar-refractivity contribution in [3.63, 3.8) is 0 Å². The Bertz CT molecular complexity index is 442. The smallest absolute Gasteiger partial charge is 0.182 e. The van der Waals surface area contributed by atoms with Gasteiger partial charge in [0.05, 0.1) is 0 Å². The minimum absolute atomic E-state index is 0.375. The second-order valence-electron chi connectivity index (χ2n) is 2.83. The third-order valence-electron chi connectivity index (χ3n) is 1.75. The number of benzene rings is 1. The zero-order valence-corrected chi connectivity index (χ0v) is 7.73. The number of halogens is 1. The number of phenols is 2. The lowest BCUT2D eigenvalue weighted by Gasteiger charge is -2.04. The summed E-state index contributed by atoms with van der Waals surface area (Å²) in [5.74, 6) is -2.89. The zero-order chi connectivity index (χ0) is 11.6. The van der Waals surface area contributed by atoms with Crippen LogP contribution < -0.4 is 0 Å². The van der Waals surface area contributed by atoms with Crippen molar-refractivity contribution in [3.05, 3.63) is 23.5 Å². The third kappa shape index (κ3) is 2.04. The average Bonchev–Trinajstić information content (AvgIpc) is 2.14. The number of nitrogens with zero attached hydrogens (tertiary/aromatic N) is 1. The first-order valence-electron chi connectivity index (χ1n) is 3.92. The molecule has 0 bridgehead atoms. The van der Waals surface area contributed by atoms with E-state index in [4.69, 9.17) is 15.4 Å². The Kier molecular flexibility index (Phi) is 2.89. The Labute approximate surface area is 84.1 Å². The van der Waals surface area contributed by atoms with E-state index in [1.807, 2.05) is 0 Å². The fourth-order valence-corrected chi connectivity index (χ4v) is 1.05. The molecule has 0 atom stereocenters. The van der Waals surface area contributed by atoms with Crippen LogP contribution in [-0.4, -0.2) is 26.9 Å². The molecule has 0 amide bonds. The number of hydrogen-bond donors (Lipinski definition) is 3. The van der Waals surface area contributed by atoms with Crippen molar-refractivity contribution in [2.24, 2.45) is 5.16 Å². The lowest BCUT2D eigenvalue weighted by atomic mass is 10.1. The Morgan fingerprint density at radius 2 is 1.87 bits per heavy atom. The molecule has 0 unspecified atom stereocenters. The van der Waals surface area contributed by atoms with E-state index in [1.54, 1.807) is 0 Å². The number of rotatable bonds is 2. The van der Waals surface area contributed by atoms with Crippen LogP contribution in [0.1, 0.15) is 12.5 Å². The SMILES string of the molecule is CC(=O)C(=NO)c1cc(O)c(O)cc1F. The van der Waals surface area contributed by atoms with E-state index in [9.17, 15) is 9.18 Å². The molecule has 6 heteroatoms. The summed E-state index contributed by atoms with van der Waals surface area (Å²) in [5.41, 5.74) is -0.900. The van der Waals surface area contributed by atoms with Crippen LogP contribution in [0.2, 0.25) is 0 Å². The highest BCUT2D eigenvalue weighted by atomic mass is 19.1. The average molecular weight is 213 g/mol. The fourth-order valence-electron chi connectivity index (χ4n) is 1.05. The number of oxime groups is 1. The van der Waals surface area contributed by atoms with Crippen molar-refractivity contribution in [3.8, 4) is 11.5 Å². The van der Waals surface area contributed by atoms with E-state index in [1.165, 1.54) is 0 Å². The molecule has 0 saturated heterocycles. The normalized spacial score (nSPS) is 11.5. The van der Waals surface area contributed by atoms with Gasteiger partial charge in [0.25, 0.3) is 0 Å². The fraction of sp³-hybridized carbons (Fsp3) is 0.111. The highest BCUT2D eigenvalue weighted by Crippen LogP contribution is 2.27. The summed E-state index contributed by atoms with van der Waals surface area (Å²) in [6.45, 7) is 1.08. The minimum Gasteiger partial charge on any atom is -0.504 e. The van der Waals surface area contributed by atoms with Crippen LogP contribution >= 0.6 is 0 Å². The lowest BCUT2D eigenvalue weighted by molar-refractivity contribution is -0.111. The topological polar surface area (TPSA) is 90.1 Å². The van der Waals surface area contributed by atoms with Crippen molar-refractivity contribution in [2.45, 2.75) is 6.92 Å². The first-order valence-corrected chi connectivity index (χ1v) is 3.92. The van der Waals surface area contributed by atoms with E-state index in [0.29, 0.717) is 6.07 Å². The first-order chi connectivity index (χ1) is 6.97. The molecule has 3 N–H and O–H groups in total. The molecule has 1 aromatic rings. The van der Waals surface area contributed by atoms with Crippen LogP contribution in [-0.2, 0) is 4.79 Å². The molecule has 1 aromatic carbocycles. The van der Waals surface area contributed by atoms with Crippen molar-refractivity contribution in [2.75, 3.05) is 0 Å². The second kappa shape index (κ2) is 3.95. The summed E-state index contributed by atoms with van der Waals surface area (Å²) in [6.07, 6.45) is 0. The largest absolute Gasteiger partial charge is 0.504 e. The highest BCUT2D eigenvalue weighted by Gasteiger charge is 2.17. The summed E-state index contributed by atoms with van der Waals surface area (Å²) in [6, 6.07) is 1.43. The monoisotopic (exact) mass is 213 g/mol. The Morgan fingerprint density at radius 3 is 2.33 bits per heavy atom. The molecular formula is C9H8FNO4. The summed E-state index contributed by atoms with van der Waals surface area (Å²) >= 11 is 0. The summed E-state index contributed by atoms with van der Waals surface area (Å²) in [5, 5.41) is 29.1. The molecule has 0 aliphatic carbocycles. The molecule has 5 nitrogen and oxygen atoms in total. The predicted octanol–water partition coefficient (Wildman–Crippen LogP) is 1.00. The van der Waals surface area contributed by atoms with Gasteiger partial charge in [-0.3, -0.25) is 4.79 Å². The number of hydrogen-bond acceptors (Lipinski definition) is 5. The number of Topliss-reactive ketones (excluding diaryl/α,β-unsaturated/α-hetero) is 1. The molecule has 0 fully saturated rings. The number of ketones is 1. The molecule has 15 heavy (non-hydrogen) atoms. The van der Waals surface area contributed by atoms with Crippen molar-refractivity contribution in [1.82, 2.24) is 0 Å². The molecular weight excluding hydrogens is 205 g/mol. The maximum absolute atomic E-state index is 13.2. The van der Waals surface area contributed by atoms with Crippen LogP contribution in [0.3, 0.4) is 0 Å². The molecule has 0 radical (unpaired) electrons. The Balaban J connectivity index is 3.38. The quantitative estimate of drug-likeness (QED) is 0.296.